The van der Waals surface area contributed by atoms with Crippen LogP contribution in [-0.4, -0.2) is 32.3 Å². The van der Waals surface area contributed by atoms with E-state index >= 15 is 0 Å². The van der Waals surface area contributed by atoms with Gasteiger partial charge in [-0.25, -0.2) is 0 Å². The first-order valence-corrected chi connectivity index (χ1v) is 9.49. The van der Waals surface area contributed by atoms with E-state index in [1.807, 2.05) is 30.3 Å². The highest BCUT2D eigenvalue weighted by Gasteiger charge is 2.17. The molecule has 0 bridgehead atoms. The van der Waals surface area contributed by atoms with Crippen molar-refractivity contribution in [2.24, 2.45) is 0 Å². The highest BCUT2D eigenvalue weighted by Crippen LogP contribution is 2.28. The summed E-state index contributed by atoms with van der Waals surface area (Å²) in [5.74, 6) is 1.49. The molecule has 1 fully saturated rings. The highest BCUT2D eigenvalue weighted by molar-refractivity contribution is 7.98. The molecule has 1 amide bonds. The van der Waals surface area contributed by atoms with Crippen molar-refractivity contribution in [3.63, 3.8) is 0 Å². The molecule has 1 aliphatic heterocycles. The maximum atomic E-state index is 12.4. The summed E-state index contributed by atoms with van der Waals surface area (Å²) in [6.45, 7) is 1.36. The summed E-state index contributed by atoms with van der Waals surface area (Å²) in [5.41, 5.74) is 1.67. The van der Waals surface area contributed by atoms with Gasteiger partial charge in [-0.05, 0) is 43.2 Å². The van der Waals surface area contributed by atoms with E-state index in [1.165, 1.54) is 4.90 Å². The van der Waals surface area contributed by atoms with Gasteiger partial charge in [-0.15, -0.1) is 11.8 Å². The first-order valence-electron chi connectivity index (χ1n) is 8.51. The minimum absolute atomic E-state index is 0.0656. The Kier molecular flexibility index (Phi) is 6.36. The second-order valence-corrected chi connectivity index (χ2v) is 7.02. The van der Waals surface area contributed by atoms with E-state index in [9.17, 15) is 4.79 Å². The number of benzene rings is 2. The van der Waals surface area contributed by atoms with Crippen LogP contribution < -0.4 is 10.1 Å². The fourth-order valence-corrected chi connectivity index (χ4v) is 3.72. The molecule has 2 aromatic rings. The third kappa shape index (κ3) is 5.00. The van der Waals surface area contributed by atoms with Crippen LogP contribution in [0, 0.1) is 0 Å². The zero-order chi connectivity index (χ0) is 17.5. The number of amides is 1. The van der Waals surface area contributed by atoms with Crippen molar-refractivity contribution in [3.8, 4) is 5.75 Å². The maximum Gasteiger partial charge on any atom is 0.251 e. The summed E-state index contributed by atoms with van der Waals surface area (Å²) < 4.78 is 11.0. The summed E-state index contributed by atoms with van der Waals surface area (Å²) >= 11 is 1.73. The fourth-order valence-electron chi connectivity index (χ4n) is 2.82. The van der Waals surface area contributed by atoms with Crippen LogP contribution in [0.4, 0.5) is 0 Å². The lowest BCUT2D eigenvalue weighted by atomic mass is 10.1. The number of thioether (sulfide) groups is 1. The van der Waals surface area contributed by atoms with Crippen LogP contribution in [0.1, 0.15) is 28.8 Å². The molecule has 0 aliphatic carbocycles. The number of carbonyl (C=O) groups is 1. The van der Waals surface area contributed by atoms with Gasteiger partial charge in [0.2, 0.25) is 0 Å². The molecule has 25 heavy (non-hydrogen) atoms. The molecular weight excluding hydrogens is 334 g/mol. The third-order valence-corrected chi connectivity index (χ3v) is 5.26. The van der Waals surface area contributed by atoms with E-state index in [4.69, 9.17) is 9.47 Å². The van der Waals surface area contributed by atoms with Crippen molar-refractivity contribution in [1.29, 1.82) is 0 Å². The zero-order valence-corrected chi connectivity index (χ0v) is 15.2. The number of ether oxygens (including phenoxy) is 2. The van der Waals surface area contributed by atoms with Crippen LogP contribution in [0.25, 0.3) is 0 Å². The molecule has 3 rings (SSSR count). The molecule has 5 heteroatoms. The van der Waals surface area contributed by atoms with Crippen LogP contribution in [0.5, 0.6) is 5.75 Å². The van der Waals surface area contributed by atoms with Crippen molar-refractivity contribution in [1.82, 2.24) is 5.32 Å². The van der Waals surface area contributed by atoms with E-state index in [0.29, 0.717) is 12.1 Å². The molecular formula is C20H23NO3S. The Labute approximate surface area is 152 Å². The molecule has 4 nitrogen and oxygen atoms in total. The average Bonchev–Trinajstić information content (AvgIpc) is 3.18. The lowest BCUT2D eigenvalue weighted by molar-refractivity contribution is 0.0857. The normalized spacial score (nSPS) is 16.6. The molecule has 1 saturated heterocycles. The molecule has 1 atom stereocenters. The van der Waals surface area contributed by atoms with Gasteiger partial charge >= 0.3 is 0 Å². The van der Waals surface area contributed by atoms with Gasteiger partial charge in [0.05, 0.1) is 13.2 Å². The zero-order valence-electron chi connectivity index (χ0n) is 14.4. The highest BCUT2D eigenvalue weighted by atomic mass is 32.2. The van der Waals surface area contributed by atoms with Gasteiger partial charge in [0.15, 0.2) is 0 Å². The van der Waals surface area contributed by atoms with Gasteiger partial charge in [0.25, 0.3) is 5.91 Å². The van der Waals surface area contributed by atoms with Crippen LogP contribution >= 0.6 is 11.8 Å². The smallest absolute Gasteiger partial charge is 0.251 e. The van der Waals surface area contributed by atoms with E-state index in [0.717, 1.165) is 36.5 Å². The number of rotatable bonds is 7. The monoisotopic (exact) mass is 357 g/mol. The minimum atomic E-state index is -0.0656. The topological polar surface area (TPSA) is 47.6 Å². The molecule has 0 saturated carbocycles. The molecule has 0 radical (unpaired) electrons. The first-order chi connectivity index (χ1) is 12.3. The van der Waals surface area contributed by atoms with Crippen LogP contribution in [-0.2, 0) is 10.5 Å². The van der Waals surface area contributed by atoms with Gasteiger partial charge in [-0.2, -0.15) is 0 Å². The van der Waals surface area contributed by atoms with Crippen LogP contribution in [0.2, 0.25) is 0 Å². The van der Waals surface area contributed by atoms with E-state index < -0.39 is 0 Å². The first kappa shape index (κ1) is 17.8. The Morgan fingerprint density at radius 2 is 2.12 bits per heavy atom. The third-order valence-electron chi connectivity index (χ3n) is 4.19. The van der Waals surface area contributed by atoms with Gasteiger partial charge < -0.3 is 14.8 Å². The van der Waals surface area contributed by atoms with Gasteiger partial charge in [0, 0.05) is 34.9 Å². The quantitative estimate of drug-likeness (QED) is 0.764. The molecule has 0 unspecified atom stereocenters. The average molecular weight is 357 g/mol. The predicted octanol–water partition coefficient (Wildman–Crippen LogP) is 3.90. The Balaban J connectivity index is 1.64. The lowest BCUT2D eigenvalue weighted by Gasteiger charge is -2.13. The number of methoxy groups -OCH3 is 1. The summed E-state index contributed by atoms with van der Waals surface area (Å²) in [6.07, 6.45) is 2.24. The van der Waals surface area contributed by atoms with Crippen molar-refractivity contribution in [2.75, 3.05) is 20.3 Å². The Morgan fingerprint density at radius 3 is 2.84 bits per heavy atom. The minimum Gasteiger partial charge on any atom is -0.496 e. The van der Waals surface area contributed by atoms with E-state index in [2.05, 4.69) is 17.4 Å². The maximum absolute atomic E-state index is 12.4. The largest absolute Gasteiger partial charge is 0.496 e. The van der Waals surface area contributed by atoms with Crippen LogP contribution in [0.15, 0.2) is 53.4 Å². The lowest BCUT2D eigenvalue weighted by Crippen LogP contribution is -2.31. The molecule has 1 aliphatic rings. The van der Waals surface area contributed by atoms with Gasteiger partial charge in [0.1, 0.15) is 5.75 Å². The molecule has 1 N–H and O–H groups in total. The Morgan fingerprint density at radius 1 is 1.28 bits per heavy atom. The van der Waals surface area contributed by atoms with Crippen molar-refractivity contribution in [2.45, 2.75) is 29.6 Å². The number of nitrogens with one attached hydrogen (secondary N) is 1. The van der Waals surface area contributed by atoms with E-state index in [-0.39, 0.29) is 12.0 Å². The van der Waals surface area contributed by atoms with Gasteiger partial charge in [-0.3, -0.25) is 4.79 Å². The summed E-state index contributed by atoms with van der Waals surface area (Å²) in [7, 11) is 1.66. The molecule has 0 aromatic heterocycles. The van der Waals surface area contributed by atoms with E-state index in [1.54, 1.807) is 24.9 Å². The summed E-state index contributed by atoms with van der Waals surface area (Å²) in [4.78, 5) is 13.6. The predicted molar refractivity (Wildman–Crippen MR) is 100 cm³/mol. The van der Waals surface area contributed by atoms with Crippen LogP contribution in [0.3, 0.4) is 0 Å². The van der Waals surface area contributed by atoms with Gasteiger partial charge in [-0.1, -0.05) is 18.2 Å². The SMILES string of the molecule is COc1ccc(C(=O)NC[C@H]2CCCO2)cc1CSc1ccccc1. The second-order valence-electron chi connectivity index (χ2n) is 5.97. The Hall–Kier alpha value is -1.98. The molecule has 0 spiro atoms. The summed E-state index contributed by atoms with van der Waals surface area (Å²) in [6, 6.07) is 15.8. The number of carbonyl (C=O) groups excluding carboxylic acids is 1. The Bertz CT molecular complexity index is 699. The number of hydrogen-bond donors (Lipinski definition) is 1. The molecule has 2 aromatic carbocycles. The molecule has 1 heterocycles. The van der Waals surface area contributed by atoms with Crippen molar-refractivity contribution >= 4 is 17.7 Å². The summed E-state index contributed by atoms with van der Waals surface area (Å²) in [5, 5.41) is 2.97. The molecule has 132 valence electrons. The van der Waals surface area contributed by atoms with Crippen molar-refractivity contribution < 1.29 is 14.3 Å². The van der Waals surface area contributed by atoms with Crippen molar-refractivity contribution in [3.05, 3.63) is 59.7 Å². The number of hydrogen-bond acceptors (Lipinski definition) is 4. The standard InChI is InChI=1S/C20H23NO3S/c1-23-19-10-9-15(20(22)21-13-17-6-5-11-24-17)12-16(19)14-25-18-7-3-2-4-8-18/h2-4,7-10,12,17H,5-6,11,13-14H2,1H3,(H,21,22)/t17-/m1/s1. The fraction of sp³-hybridized carbons (Fsp3) is 0.350. The second kappa shape index (κ2) is 8.92.